The molecule has 25 heavy (non-hydrogen) atoms. The summed E-state index contributed by atoms with van der Waals surface area (Å²) in [5.41, 5.74) is 0.565. The van der Waals surface area contributed by atoms with Crippen LogP contribution in [0.5, 0.6) is 0 Å². The van der Waals surface area contributed by atoms with Gasteiger partial charge < -0.3 is 5.11 Å². The first-order chi connectivity index (χ1) is 12.1. The minimum Gasteiger partial charge on any atom is -0.478 e. The van der Waals surface area contributed by atoms with E-state index in [1.165, 1.54) is 51.4 Å². The van der Waals surface area contributed by atoms with Crippen LogP contribution in [0.4, 0.5) is 0 Å². The second-order valence-corrected chi connectivity index (χ2v) is 7.11. The molecule has 0 unspecified atom stereocenters. The monoisotopic (exact) mass is 348 g/mol. The standard InChI is InChI=1S/C23H40O2/c1-4-5-6-7-8-9-10-11-12-13-14-15-16-17-18-19-20-22(21(2)3)23(24)25/h5-6,8-9,20-21H,4,7,10-19H2,1-3H3,(H,24,25)/b6-5-,9-8-,22-20-. The summed E-state index contributed by atoms with van der Waals surface area (Å²) in [7, 11) is 0. The van der Waals surface area contributed by atoms with E-state index in [-0.39, 0.29) is 5.92 Å². The molecule has 144 valence electrons. The lowest BCUT2D eigenvalue weighted by Crippen LogP contribution is -2.06. The molecule has 0 fully saturated rings. The Morgan fingerprint density at radius 2 is 1.32 bits per heavy atom. The van der Waals surface area contributed by atoms with Gasteiger partial charge in [0.25, 0.3) is 0 Å². The number of unbranched alkanes of at least 4 members (excludes halogenated alkanes) is 9. The van der Waals surface area contributed by atoms with Crippen LogP contribution in [0.2, 0.25) is 0 Å². The van der Waals surface area contributed by atoms with Crippen molar-refractivity contribution in [3.05, 3.63) is 36.0 Å². The summed E-state index contributed by atoms with van der Waals surface area (Å²) in [5, 5.41) is 9.09. The molecule has 0 aliphatic heterocycles. The van der Waals surface area contributed by atoms with Crippen LogP contribution >= 0.6 is 0 Å². The molecule has 0 saturated heterocycles. The number of rotatable bonds is 16. The van der Waals surface area contributed by atoms with E-state index in [0.717, 1.165) is 25.7 Å². The third-order valence-electron chi connectivity index (χ3n) is 4.40. The third-order valence-corrected chi connectivity index (χ3v) is 4.40. The van der Waals surface area contributed by atoms with Crippen molar-refractivity contribution in [2.45, 2.75) is 97.8 Å². The summed E-state index contributed by atoms with van der Waals surface area (Å²) in [5.74, 6) is -0.651. The highest BCUT2D eigenvalue weighted by atomic mass is 16.4. The number of aliphatic carboxylic acids is 1. The summed E-state index contributed by atoms with van der Waals surface area (Å²) in [4.78, 5) is 11.1. The number of carboxylic acids is 1. The molecule has 0 aliphatic carbocycles. The van der Waals surface area contributed by atoms with Crippen molar-refractivity contribution in [3.63, 3.8) is 0 Å². The van der Waals surface area contributed by atoms with Crippen LogP contribution in [-0.4, -0.2) is 11.1 Å². The van der Waals surface area contributed by atoms with Crippen LogP contribution in [0.3, 0.4) is 0 Å². The Labute approximate surface area is 156 Å². The van der Waals surface area contributed by atoms with Crippen LogP contribution in [0.25, 0.3) is 0 Å². The lowest BCUT2D eigenvalue weighted by atomic mass is 10.0. The molecule has 0 aromatic rings. The molecule has 1 N–H and O–H groups in total. The van der Waals surface area contributed by atoms with Gasteiger partial charge in [-0.25, -0.2) is 4.79 Å². The van der Waals surface area contributed by atoms with E-state index in [0.29, 0.717) is 5.57 Å². The van der Waals surface area contributed by atoms with Crippen molar-refractivity contribution in [1.29, 1.82) is 0 Å². The molecule has 0 saturated carbocycles. The van der Waals surface area contributed by atoms with Gasteiger partial charge in [0.1, 0.15) is 0 Å². The number of carboxylic acid groups (broad SMARTS) is 1. The van der Waals surface area contributed by atoms with Gasteiger partial charge in [0.15, 0.2) is 0 Å². The molecule has 0 heterocycles. The zero-order chi connectivity index (χ0) is 18.8. The molecule has 0 aromatic heterocycles. The molecule has 0 aromatic carbocycles. The van der Waals surface area contributed by atoms with E-state index < -0.39 is 5.97 Å². The fourth-order valence-corrected chi connectivity index (χ4v) is 2.85. The van der Waals surface area contributed by atoms with E-state index in [4.69, 9.17) is 5.11 Å². The third kappa shape index (κ3) is 15.9. The summed E-state index contributed by atoms with van der Waals surface area (Å²) < 4.78 is 0. The molecule has 0 amide bonds. The van der Waals surface area contributed by atoms with Gasteiger partial charge in [0.2, 0.25) is 0 Å². The van der Waals surface area contributed by atoms with Gasteiger partial charge in [0, 0.05) is 5.57 Å². The first-order valence-electron chi connectivity index (χ1n) is 10.3. The first-order valence-corrected chi connectivity index (χ1v) is 10.3. The predicted octanol–water partition coefficient (Wildman–Crippen LogP) is 7.47. The molecule has 0 radical (unpaired) electrons. The average molecular weight is 349 g/mol. The van der Waals surface area contributed by atoms with Crippen LogP contribution in [0.15, 0.2) is 36.0 Å². The van der Waals surface area contributed by atoms with Crippen molar-refractivity contribution in [1.82, 2.24) is 0 Å². The van der Waals surface area contributed by atoms with Crippen molar-refractivity contribution in [3.8, 4) is 0 Å². The Morgan fingerprint density at radius 1 is 0.800 bits per heavy atom. The van der Waals surface area contributed by atoms with E-state index in [1.54, 1.807) is 0 Å². The molecule has 2 nitrogen and oxygen atoms in total. The predicted molar refractivity (Wildman–Crippen MR) is 110 cm³/mol. The first kappa shape index (κ1) is 23.7. The Morgan fingerprint density at radius 3 is 1.84 bits per heavy atom. The summed E-state index contributed by atoms with van der Waals surface area (Å²) in [6, 6.07) is 0. The van der Waals surface area contributed by atoms with Crippen molar-refractivity contribution in [2.75, 3.05) is 0 Å². The molecule has 0 aliphatic rings. The van der Waals surface area contributed by atoms with Crippen LogP contribution in [0, 0.1) is 5.92 Å². The highest BCUT2D eigenvalue weighted by molar-refractivity contribution is 5.86. The van der Waals surface area contributed by atoms with Crippen LogP contribution < -0.4 is 0 Å². The second-order valence-electron chi connectivity index (χ2n) is 7.11. The Hall–Kier alpha value is -1.31. The zero-order valence-corrected chi connectivity index (χ0v) is 16.8. The number of carbonyl (C=O) groups is 1. The van der Waals surface area contributed by atoms with E-state index >= 15 is 0 Å². The molecule has 0 spiro atoms. The normalized spacial score (nSPS) is 12.7. The van der Waals surface area contributed by atoms with Gasteiger partial charge in [-0.2, -0.15) is 0 Å². The number of allylic oxidation sites excluding steroid dienone is 5. The van der Waals surface area contributed by atoms with E-state index in [2.05, 4.69) is 31.2 Å². The molecule has 0 atom stereocenters. The largest absolute Gasteiger partial charge is 0.478 e. The summed E-state index contributed by atoms with van der Waals surface area (Å²) in [6.45, 7) is 6.05. The minimum atomic E-state index is -0.762. The fourth-order valence-electron chi connectivity index (χ4n) is 2.85. The fraction of sp³-hybridized carbons (Fsp3) is 0.696. The molecule has 0 bridgehead atoms. The smallest absolute Gasteiger partial charge is 0.331 e. The number of hydrogen-bond donors (Lipinski definition) is 1. The van der Waals surface area contributed by atoms with Gasteiger partial charge >= 0.3 is 5.97 Å². The maximum absolute atomic E-state index is 11.1. The maximum Gasteiger partial charge on any atom is 0.331 e. The lowest BCUT2D eigenvalue weighted by molar-refractivity contribution is -0.133. The van der Waals surface area contributed by atoms with Gasteiger partial charge in [-0.3, -0.25) is 0 Å². The van der Waals surface area contributed by atoms with Gasteiger partial charge in [-0.1, -0.05) is 89.7 Å². The van der Waals surface area contributed by atoms with Crippen LogP contribution in [-0.2, 0) is 4.79 Å². The van der Waals surface area contributed by atoms with Crippen molar-refractivity contribution < 1.29 is 9.90 Å². The second kappa shape index (κ2) is 17.5. The van der Waals surface area contributed by atoms with Gasteiger partial charge in [-0.05, 0) is 44.4 Å². The lowest BCUT2D eigenvalue weighted by Gasteiger charge is -2.06. The molecule has 0 rings (SSSR count). The Bertz CT molecular complexity index is 402. The zero-order valence-electron chi connectivity index (χ0n) is 16.8. The van der Waals surface area contributed by atoms with E-state index in [9.17, 15) is 4.79 Å². The highest BCUT2D eigenvalue weighted by Crippen LogP contribution is 2.14. The van der Waals surface area contributed by atoms with Gasteiger partial charge in [-0.15, -0.1) is 0 Å². The summed E-state index contributed by atoms with van der Waals surface area (Å²) >= 11 is 0. The average Bonchev–Trinajstić information content (AvgIpc) is 2.57. The Kier molecular flexibility index (Phi) is 16.6. The number of hydrogen-bond acceptors (Lipinski definition) is 1. The summed E-state index contributed by atoms with van der Waals surface area (Å²) in [6.07, 6.45) is 25.5. The van der Waals surface area contributed by atoms with Crippen LogP contribution in [0.1, 0.15) is 97.8 Å². The SMILES string of the molecule is CC/C=C\C/C=C\CCCCCCCCCC/C=C(\C(=O)O)C(C)C. The van der Waals surface area contributed by atoms with Crippen molar-refractivity contribution >= 4 is 5.97 Å². The van der Waals surface area contributed by atoms with Crippen molar-refractivity contribution in [2.24, 2.45) is 5.92 Å². The molecular weight excluding hydrogens is 308 g/mol. The van der Waals surface area contributed by atoms with Gasteiger partial charge in [0.05, 0.1) is 0 Å². The molecule has 2 heteroatoms. The van der Waals surface area contributed by atoms with E-state index in [1.807, 2.05) is 19.9 Å². The maximum atomic E-state index is 11.1. The quantitative estimate of drug-likeness (QED) is 0.178. The highest BCUT2D eigenvalue weighted by Gasteiger charge is 2.10. The topological polar surface area (TPSA) is 37.3 Å². The molecular formula is C23H40O2. The Balaban J connectivity index is 3.41. The minimum absolute atomic E-state index is 0.111.